The molecule has 0 saturated heterocycles. The number of hydrogen-bond donors (Lipinski definition) is 0. The van der Waals surface area contributed by atoms with E-state index in [4.69, 9.17) is 18.9 Å². The molecule has 3 rings (SSSR count). The maximum atomic E-state index is 11.3. The van der Waals surface area contributed by atoms with E-state index in [0.29, 0.717) is 28.5 Å². The molecular formula is C19H20N4O6. The van der Waals surface area contributed by atoms with Crippen molar-refractivity contribution >= 4 is 5.69 Å². The zero-order valence-corrected chi connectivity index (χ0v) is 16.4. The number of nitrogens with zero attached hydrogens (tertiary/aromatic N) is 4. The molecule has 0 spiro atoms. The maximum Gasteiger partial charge on any atom is 0.311 e. The van der Waals surface area contributed by atoms with Gasteiger partial charge in [0.15, 0.2) is 17.2 Å². The SMILES string of the molecule is COc1ccc(Cn2nncc2-c2cc(OC)c(OC)c(OC)c2)cc1[N+](=O)[O-]. The predicted octanol–water partition coefficient (Wildman–Crippen LogP) is 2.94. The summed E-state index contributed by atoms with van der Waals surface area (Å²) in [5.41, 5.74) is 1.99. The summed E-state index contributed by atoms with van der Waals surface area (Å²) in [7, 11) is 5.99. The van der Waals surface area contributed by atoms with Gasteiger partial charge in [0.2, 0.25) is 5.75 Å². The Morgan fingerprint density at radius 2 is 1.62 bits per heavy atom. The molecule has 2 aromatic carbocycles. The first-order chi connectivity index (χ1) is 14.0. The number of nitro benzene ring substituents is 1. The van der Waals surface area contributed by atoms with Crippen LogP contribution in [0.1, 0.15) is 5.56 Å². The van der Waals surface area contributed by atoms with Crippen LogP contribution in [0, 0.1) is 10.1 Å². The van der Waals surface area contributed by atoms with E-state index >= 15 is 0 Å². The van der Waals surface area contributed by atoms with Crippen LogP contribution in [-0.4, -0.2) is 48.4 Å². The Labute approximate surface area is 166 Å². The molecule has 0 aliphatic carbocycles. The van der Waals surface area contributed by atoms with Gasteiger partial charge >= 0.3 is 5.69 Å². The smallest absolute Gasteiger partial charge is 0.311 e. The van der Waals surface area contributed by atoms with Crippen LogP contribution in [0.4, 0.5) is 5.69 Å². The predicted molar refractivity (Wildman–Crippen MR) is 104 cm³/mol. The van der Waals surface area contributed by atoms with Crippen molar-refractivity contribution in [2.75, 3.05) is 28.4 Å². The molecule has 3 aromatic rings. The van der Waals surface area contributed by atoms with Crippen molar-refractivity contribution in [2.45, 2.75) is 6.54 Å². The number of aromatic nitrogens is 3. The zero-order chi connectivity index (χ0) is 21.0. The Hall–Kier alpha value is -3.82. The van der Waals surface area contributed by atoms with Crippen LogP contribution in [0.15, 0.2) is 36.5 Å². The molecule has 0 amide bonds. The van der Waals surface area contributed by atoms with Crippen molar-refractivity contribution < 1.29 is 23.9 Å². The van der Waals surface area contributed by atoms with Gasteiger partial charge in [-0.05, 0) is 23.8 Å². The van der Waals surface area contributed by atoms with Gasteiger partial charge in [0, 0.05) is 11.6 Å². The first kappa shape index (κ1) is 19.9. The van der Waals surface area contributed by atoms with Gasteiger partial charge in [-0.15, -0.1) is 5.10 Å². The first-order valence-electron chi connectivity index (χ1n) is 8.52. The van der Waals surface area contributed by atoms with Crippen LogP contribution < -0.4 is 18.9 Å². The van der Waals surface area contributed by atoms with Crippen molar-refractivity contribution in [3.63, 3.8) is 0 Å². The molecular weight excluding hydrogens is 380 g/mol. The fraction of sp³-hybridized carbons (Fsp3) is 0.263. The molecule has 10 heteroatoms. The lowest BCUT2D eigenvalue weighted by Crippen LogP contribution is -2.05. The lowest BCUT2D eigenvalue weighted by Gasteiger charge is -2.14. The van der Waals surface area contributed by atoms with Gasteiger partial charge in [0.25, 0.3) is 0 Å². The Balaban J connectivity index is 2.01. The monoisotopic (exact) mass is 400 g/mol. The van der Waals surface area contributed by atoms with Gasteiger partial charge in [-0.1, -0.05) is 11.3 Å². The minimum Gasteiger partial charge on any atom is -0.493 e. The van der Waals surface area contributed by atoms with Gasteiger partial charge < -0.3 is 18.9 Å². The van der Waals surface area contributed by atoms with E-state index < -0.39 is 4.92 Å². The highest BCUT2D eigenvalue weighted by Crippen LogP contribution is 2.41. The quantitative estimate of drug-likeness (QED) is 0.419. The van der Waals surface area contributed by atoms with E-state index in [2.05, 4.69) is 10.3 Å². The molecule has 0 atom stereocenters. The van der Waals surface area contributed by atoms with Gasteiger partial charge in [-0.25, -0.2) is 4.68 Å². The molecule has 10 nitrogen and oxygen atoms in total. The van der Waals surface area contributed by atoms with Gasteiger partial charge in [0.05, 0.1) is 51.8 Å². The molecule has 0 unspecified atom stereocenters. The topological polar surface area (TPSA) is 111 Å². The highest BCUT2D eigenvalue weighted by Gasteiger charge is 2.19. The third-order valence-electron chi connectivity index (χ3n) is 4.35. The molecule has 1 heterocycles. The van der Waals surface area contributed by atoms with Crippen LogP contribution in [0.2, 0.25) is 0 Å². The highest BCUT2D eigenvalue weighted by atomic mass is 16.6. The van der Waals surface area contributed by atoms with E-state index in [1.807, 2.05) is 0 Å². The van der Waals surface area contributed by atoms with Crippen LogP contribution in [0.5, 0.6) is 23.0 Å². The van der Waals surface area contributed by atoms with Crippen LogP contribution in [0.3, 0.4) is 0 Å². The van der Waals surface area contributed by atoms with Crippen molar-refractivity contribution in [1.82, 2.24) is 15.0 Å². The molecule has 29 heavy (non-hydrogen) atoms. The second-order valence-corrected chi connectivity index (χ2v) is 5.95. The highest BCUT2D eigenvalue weighted by molar-refractivity contribution is 5.68. The van der Waals surface area contributed by atoms with Crippen molar-refractivity contribution in [2.24, 2.45) is 0 Å². The summed E-state index contributed by atoms with van der Waals surface area (Å²) in [5, 5.41) is 19.4. The largest absolute Gasteiger partial charge is 0.493 e. The summed E-state index contributed by atoms with van der Waals surface area (Å²) < 4.78 is 22.8. The fourth-order valence-corrected chi connectivity index (χ4v) is 2.98. The number of methoxy groups -OCH3 is 4. The van der Waals surface area contributed by atoms with E-state index in [9.17, 15) is 10.1 Å². The number of ether oxygens (including phenoxy) is 4. The van der Waals surface area contributed by atoms with Gasteiger partial charge in [-0.3, -0.25) is 10.1 Å². The summed E-state index contributed by atoms with van der Waals surface area (Å²) in [5.74, 6) is 1.66. The van der Waals surface area contributed by atoms with Crippen molar-refractivity contribution in [3.8, 4) is 34.3 Å². The van der Waals surface area contributed by atoms with Crippen LogP contribution in [0.25, 0.3) is 11.3 Å². The summed E-state index contributed by atoms with van der Waals surface area (Å²) in [4.78, 5) is 10.8. The van der Waals surface area contributed by atoms with Crippen molar-refractivity contribution in [1.29, 1.82) is 0 Å². The standard InChI is InChI=1S/C19H20N4O6/c1-26-16-6-5-12(7-14(16)23(24)25)11-22-15(10-20-21-22)13-8-17(27-2)19(29-4)18(9-13)28-3/h5-10H,11H2,1-4H3. The molecule has 0 fully saturated rings. The van der Waals surface area contributed by atoms with Gasteiger partial charge in [-0.2, -0.15) is 0 Å². The third kappa shape index (κ3) is 3.91. The summed E-state index contributed by atoms with van der Waals surface area (Å²) in [6, 6.07) is 8.33. The maximum absolute atomic E-state index is 11.3. The number of nitro groups is 1. The Kier molecular flexibility index (Phi) is 5.82. The van der Waals surface area contributed by atoms with Crippen LogP contribution in [-0.2, 0) is 6.54 Å². The van der Waals surface area contributed by atoms with Gasteiger partial charge in [0.1, 0.15) is 0 Å². The van der Waals surface area contributed by atoms with Crippen LogP contribution >= 0.6 is 0 Å². The second-order valence-electron chi connectivity index (χ2n) is 5.95. The molecule has 0 aliphatic rings. The molecule has 0 N–H and O–H groups in total. The average Bonchev–Trinajstić information content (AvgIpc) is 3.20. The summed E-state index contributed by atoms with van der Waals surface area (Å²) in [6.45, 7) is 0.275. The Bertz CT molecular complexity index is 1010. The van der Waals surface area contributed by atoms with Crippen molar-refractivity contribution in [3.05, 3.63) is 52.2 Å². The van der Waals surface area contributed by atoms with E-state index in [0.717, 1.165) is 5.56 Å². The minimum absolute atomic E-state index is 0.112. The number of rotatable bonds is 8. The van der Waals surface area contributed by atoms with E-state index in [1.165, 1.54) is 34.5 Å². The lowest BCUT2D eigenvalue weighted by atomic mass is 10.1. The molecule has 0 aliphatic heterocycles. The normalized spacial score (nSPS) is 10.5. The Morgan fingerprint density at radius 3 is 2.17 bits per heavy atom. The number of benzene rings is 2. The summed E-state index contributed by atoms with van der Waals surface area (Å²) >= 11 is 0. The molecule has 0 radical (unpaired) electrons. The average molecular weight is 400 g/mol. The van der Waals surface area contributed by atoms with E-state index in [-0.39, 0.29) is 18.0 Å². The molecule has 0 saturated carbocycles. The minimum atomic E-state index is -0.482. The Morgan fingerprint density at radius 1 is 0.966 bits per heavy atom. The van der Waals surface area contributed by atoms with E-state index in [1.54, 1.807) is 35.1 Å². The lowest BCUT2D eigenvalue weighted by molar-refractivity contribution is -0.385. The summed E-state index contributed by atoms with van der Waals surface area (Å²) in [6.07, 6.45) is 1.60. The second kappa shape index (κ2) is 8.46. The third-order valence-corrected chi connectivity index (χ3v) is 4.35. The molecule has 1 aromatic heterocycles. The zero-order valence-electron chi connectivity index (χ0n) is 16.4. The first-order valence-corrected chi connectivity index (χ1v) is 8.52. The number of hydrogen-bond acceptors (Lipinski definition) is 8. The molecule has 152 valence electrons. The fourth-order valence-electron chi connectivity index (χ4n) is 2.98. The molecule has 0 bridgehead atoms.